The van der Waals surface area contributed by atoms with E-state index in [0.29, 0.717) is 18.2 Å². The summed E-state index contributed by atoms with van der Waals surface area (Å²) in [5, 5.41) is 15.6. The number of benzene rings is 3. The van der Waals surface area contributed by atoms with Crippen molar-refractivity contribution in [2.45, 2.75) is 25.4 Å². The van der Waals surface area contributed by atoms with Gasteiger partial charge in [0.05, 0.1) is 0 Å². The Labute approximate surface area is 237 Å². The van der Waals surface area contributed by atoms with Crippen molar-refractivity contribution >= 4 is 24.1 Å². The number of carbonyl (C=O) groups is 2. The number of hydrogen-bond donors (Lipinski definition) is 2. The van der Waals surface area contributed by atoms with E-state index in [2.05, 4.69) is 125 Å². The topological polar surface area (TPSA) is 81.1 Å². The van der Waals surface area contributed by atoms with Crippen LogP contribution in [0.25, 0.3) is 12.2 Å². The van der Waals surface area contributed by atoms with E-state index >= 15 is 0 Å². The highest BCUT2D eigenvalue weighted by molar-refractivity contribution is 5.89. The second-order valence-electron chi connectivity index (χ2n) is 9.58. The Morgan fingerprint density at radius 2 is 1.12 bits per heavy atom. The quantitative estimate of drug-likeness (QED) is 0.288. The smallest absolute Gasteiger partial charge is 0.328 e. The van der Waals surface area contributed by atoms with Crippen LogP contribution in [0.4, 0.5) is 0 Å². The van der Waals surface area contributed by atoms with E-state index < -0.39 is 11.9 Å². The van der Waals surface area contributed by atoms with Crippen molar-refractivity contribution in [2.75, 3.05) is 26.2 Å². The van der Waals surface area contributed by atoms with Gasteiger partial charge in [-0.2, -0.15) is 0 Å². The maximum absolute atomic E-state index is 9.55. The Kier molecular flexibility index (Phi) is 13.1. The van der Waals surface area contributed by atoms with Crippen molar-refractivity contribution in [3.63, 3.8) is 0 Å². The summed E-state index contributed by atoms with van der Waals surface area (Å²) in [5.74, 6) is -2.51. The number of piperidine rings is 1. The molecule has 0 saturated carbocycles. The maximum Gasteiger partial charge on any atom is 0.328 e. The Hall–Kier alpha value is -4.26. The predicted molar refractivity (Wildman–Crippen MR) is 162 cm³/mol. The molecule has 0 amide bonds. The fourth-order valence-electron chi connectivity index (χ4n) is 4.58. The van der Waals surface area contributed by atoms with Crippen molar-refractivity contribution in [1.29, 1.82) is 0 Å². The summed E-state index contributed by atoms with van der Waals surface area (Å²) in [6.45, 7) is 5.37. The average molecular weight is 539 g/mol. The minimum Gasteiger partial charge on any atom is -0.478 e. The summed E-state index contributed by atoms with van der Waals surface area (Å²) in [7, 11) is 0. The minimum absolute atomic E-state index is 0.558. The second kappa shape index (κ2) is 17.4. The zero-order valence-electron chi connectivity index (χ0n) is 22.8. The Bertz CT molecular complexity index is 1170. The lowest BCUT2D eigenvalue weighted by Gasteiger charge is -2.38. The normalized spacial score (nSPS) is 14.5. The molecule has 6 heteroatoms. The number of rotatable bonds is 11. The van der Waals surface area contributed by atoms with Gasteiger partial charge in [-0.3, -0.25) is 9.80 Å². The van der Waals surface area contributed by atoms with Crippen LogP contribution in [0.5, 0.6) is 0 Å². The number of likely N-dealkylation sites (tertiary alicyclic amines) is 1. The molecule has 3 aromatic rings. The molecule has 2 N–H and O–H groups in total. The van der Waals surface area contributed by atoms with Crippen LogP contribution in [-0.2, 0) is 16.1 Å². The molecule has 0 unspecified atom stereocenters. The molecule has 1 fully saturated rings. The highest BCUT2D eigenvalue weighted by Crippen LogP contribution is 2.19. The van der Waals surface area contributed by atoms with Gasteiger partial charge in [0.1, 0.15) is 0 Å². The molecule has 6 nitrogen and oxygen atoms in total. The largest absolute Gasteiger partial charge is 0.478 e. The lowest BCUT2D eigenvalue weighted by Crippen LogP contribution is -2.44. The molecule has 0 aliphatic carbocycles. The third-order valence-electron chi connectivity index (χ3n) is 6.59. The highest BCUT2D eigenvalue weighted by Gasteiger charge is 2.23. The average Bonchev–Trinajstić information content (AvgIpc) is 2.98. The molecule has 1 heterocycles. The standard InChI is InChI=1S/C30H34N2.C4H4O4/c1-4-12-27(13-5-1)18-10-22-32(23-11-19-28-14-6-2-7-15-28)30-20-24-31(25-21-30)26-29-16-8-3-9-17-29;5-3(6)1-2-4(7)8/h1-19,30H,20-26H2;1-2H,(H,5,6)(H,7,8)/b18-10+,19-11+;2-1+. The molecule has 0 aromatic heterocycles. The Morgan fingerprint density at radius 1 is 0.700 bits per heavy atom. The lowest BCUT2D eigenvalue weighted by molar-refractivity contribution is -0.134. The van der Waals surface area contributed by atoms with Crippen molar-refractivity contribution in [1.82, 2.24) is 9.80 Å². The molecule has 0 spiro atoms. The van der Waals surface area contributed by atoms with Crippen LogP contribution in [0.15, 0.2) is 115 Å². The monoisotopic (exact) mass is 538 g/mol. The van der Waals surface area contributed by atoms with Gasteiger partial charge in [0.15, 0.2) is 0 Å². The van der Waals surface area contributed by atoms with Gasteiger partial charge in [-0.1, -0.05) is 115 Å². The van der Waals surface area contributed by atoms with Gasteiger partial charge >= 0.3 is 11.9 Å². The van der Waals surface area contributed by atoms with Crippen LogP contribution in [0.2, 0.25) is 0 Å². The molecule has 208 valence electrons. The third-order valence-corrected chi connectivity index (χ3v) is 6.59. The number of hydrogen-bond acceptors (Lipinski definition) is 4. The predicted octanol–water partition coefficient (Wildman–Crippen LogP) is 6.09. The van der Waals surface area contributed by atoms with Gasteiger partial charge in [0.2, 0.25) is 0 Å². The Balaban J connectivity index is 0.000000482. The summed E-state index contributed by atoms with van der Waals surface area (Å²) in [5.41, 5.74) is 3.95. The van der Waals surface area contributed by atoms with E-state index in [4.69, 9.17) is 10.2 Å². The molecule has 4 rings (SSSR count). The maximum atomic E-state index is 9.55. The number of carboxylic acids is 2. The fourth-order valence-corrected chi connectivity index (χ4v) is 4.58. The molecule has 40 heavy (non-hydrogen) atoms. The van der Waals surface area contributed by atoms with E-state index in [0.717, 1.165) is 19.6 Å². The van der Waals surface area contributed by atoms with Gasteiger partial charge in [0.25, 0.3) is 0 Å². The molecule has 0 bridgehead atoms. The van der Waals surface area contributed by atoms with Gasteiger partial charge in [0, 0.05) is 37.8 Å². The van der Waals surface area contributed by atoms with Crippen LogP contribution in [0, 0.1) is 0 Å². The molecule has 0 atom stereocenters. The van der Waals surface area contributed by atoms with Gasteiger partial charge in [-0.15, -0.1) is 0 Å². The van der Waals surface area contributed by atoms with E-state index in [1.54, 1.807) is 0 Å². The number of aliphatic carboxylic acids is 2. The first kappa shape index (κ1) is 30.3. The van der Waals surface area contributed by atoms with Crippen LogP contribution in [0.3, 0.4) is 0 Å². The van der Waals surface area contributed by atoms with Gasteiger partial charge < -0.3 is 10.2 Å². The summed E-state index contributed by atoms with van der Waals surface area (Å²) in [6, 6.07) is 32.7. The van der Waals surface area contributed by atoms with Gasteiger partial charge in [-0.05, 0) is 42.6 Å². The van der Waals surface area contributed by atoms with Crippen molar-refractivity contribution in [3.05, 3.63) is 132 Å². The molecular formula is C34H38N2O4. The zero-order valence-corrected chi connectivity index (χ0v) is 22.8. The first-order valence-corrected chi connectivity index (χ1v) is 13.6. The first-order chi connectivity index (χ1) is 19.5. The second-order valence-corrected chi connectivity index (χ2v) is 9.58. The molecular weight excluding hydrogens is 500 g/mol. The summed E-state index contributed by atoms with van der Waals surface area (Å²) in [4.78, 5) is 24.3. The molecule has 1 aliphatic heterocycles. The van der Waals surface area contributed by atoms with Crippen molar-refractivity contribution in [2.24, 2.45) is 0 Å². The number of nitrogens with zero attached hydrogens (tertiary/aromatic N) is 2. The van der Waals surface area contributed by atoms with Crippen LogP contribution in [0.1, 0.15) is 29.5 Å². The summed E-state index contributed by atoms with van der Waals surface area (Å²) in [6.07, 6.45) is 12.7. The fraction of sp³-hybridized carbons (Fsp3) is 0.235. The molecule has 0 radical (unpaired) electrons. The third kappa shape index (κ3) is 12.1. The van der Waals surface area contributed by atoms with Crippen molar-refractivity contribution < 1.29 is 19.8 Å². The molecule has 1 saturated heterocycles. The van der Waals surface area contributed by atoms with E-state index in [-0.39, 0.29) is 0 Å². The summed E-state index contributed by atoms with van der Waals surface area (Å²) < 4.78 is 0. The van der Waals surface area contributed by atoms with Gasteiger partial charge in [-0.25, -0.2) is 9.59 Å². The molecule has 3 aromatic carbocycles. The SMILES string of the molecule is C(=C\c1ccccc1)/CN(C/C=C/c1ccccc1)C1CCN(Cc2ccccc2)CC1.O=C(O)/C=C/C(=O)O. The Morgan fingerprint density at radius 3 is 1.55 bits per heavy atom. The van der Waals surface area contributed by atoms with Crippen LogP contribution >= 0.6 is 0 Å². The van der Waals surface area contributed by atoms with Crippen molar-refractivity contribution in [3.8, 4) is 0 Å². The van der Waals surface area contributed by atoms with Crippen LogP contribution in [-0.4, -0.2) is 64.2 Å². The minimum atomic E-state index is -1.26. The van der Waals surface area contributed by atoms with E-state index in [9.17, 15) is 9.59 Å². The molecule has 1 aliphatic rings. The summed E-state index contributed by atoms with van der Waals surface area (Å²) >= 11 is 0. The first-order valence-electron chi connectivity index (χ1n) is 13.6. The van der Waals surface area contributed by atoms with E-state index in [1.807, 2.05) is 0 Å². The highest BCUT2D eigenvalue weighted by atomic mass is 16.4. The lowest BCUT2D eigenvalue weighted by atomic mass is 10.0. The van der Waals surface area contributed by atoms with Crippen LogP contribution < -0.4 is 0 Å². The zero-order chi connectivity index (χ0) is 28.4. The van der Waals surface area contributed by atoms with E-state index in [1.165, 1.54) is 42.6 Å². The number of carboxylic acid groups (broad SMARTS) is 2.